The molecule has 3 aromatic heterocycles. The summed E-state index contributed by atoms with van der Waals surface area (Å²) >= 11 is 0. The minimum Gasteiger partial charge on any atom is -0.304 e. The van der Waals surface area contributed by atoms with E-state index in [0.717, 1.165) is 98.4 Å². The normalized spacial score (nSPS) is 11.3. The summed E-state index contributed by atoms with van der Waals surface area (Å²) in [6, 6.07) is 81.6. The van der Waals surface area contributed by atoms with Crippen LogP contribution in [0, 0.1) is 39.0 Å². The summed E-state index contributed by atoms with van der Waals surface area (Å²) in [4.78, 5) is 14.2. The first-order chi connectivity index (χ1) is 35.9. The molecule has 0 atom stereocenters. The molecular formula is C70H52IrN3. The maximum atomic E-state index is 4.87. The average molecular weight is 1130 g/mol. The first kappa shape index (κ1) is 48.1. The Kier molecular flexibility index (Phi) is 13.8. The molecule has 12 rings (SSSR count). The Morgan fingerprint density at radius 2 is 0.757 bits per heavy atom. The smallest absolute Gasteiger partial charge is 0.304 e. The molecule has 0 aliphatic rings. The molecule has 0 N–H and O–H groups in total. The summed E-state index contributed by atoms with van der Waals surface area (Å²) in [7, 11) is 0. The van der Waals surface area contributed by atoms with Crippen LogP contribution in [0.3, 0.4) is 0 Å². The summed E-state index contributed by atoms with van der Waals surface area (Å²) in [5.74, 6) is 0. The number of pyridine rings is 3. The van der Waals surface area contributed by atoms with Crippen molar-refractivity contribution in [3.05, 3.63) is 270 Å². The first-order valence-electron chi connectivity index (χ1n) is 25.3. The molecule has 0 saturated heterocycles. The van der Waals surface area contributed by atoms with E-state index < -0.39 is 0 Å². The van der Waals surface area contributed by atoms with Crippen LogP contribution in [-0.4, -0.2) is 15.0 Å². The van der Waals surface area contributed by atoms with Crippen LogP contribution in [0.25, 0.3) is 99.5 Å². The van der Waals surface area contributed by atoms with E-state index in [0.29, 0.717) is 0 Å². The van der Waals surface area contributed by atoms with Crippen molar-refractivity contribution >= 4 is 32.3 Å². The third-order valence-corrected chi connectivity index (χ3v) is 14.3. The predicted molar refractivity (Wildman–Crippen MR) is 303 cm³/mol. The summed E-state index contributed by atoms with van der Waals surface area (Å²) in [5, 5.41) is 7.54. The van der Waals surface area contributed by atoms with E-state index in [1.54, 1.807) is 0 Å². The van der Waals surface area contributed by atoms with Gasteiger partial charge < -0.3 is 15.0 Å². The zero-order chi connectivity index (χ0) is 49.3. The predicted octanol–water partition coefficient (Wildman–Crippen LogP) is 17.2. The Morgan fingerprint density at radius 3 is 1.24 bits per heavy atom. The van der Waals surface area contributed by atoms with E-state index in [1.165, 1.54) is 65.7 Å². The molecule has 0 bridgehead atoms. The number of rotatable bonds is 12. The molecule has 0 aliphatic heterocycles. The van der Waals surface area contributed by atoms with E-state index in [1.807, 2.05) is 18.6 Å². The number of aryl methyl sites for hydroxylation is 7. The summed E-state index contributed by atoms with van der Waals surface area (Å²) in [6.07, 6.45) is 9.34. The second-order valence-electron chi connectivity index (χ2n) is 19.5. The van der Waals surface area contributed by atoms with E-state index in [-0.39, 0.29) is 20.1 Å². The monoisotopic (exact) mass is 1130 g/mol. The molecule has 0 radical (unpaired) electrons. The van der Waals surface area contributed by atoms with Gasteiger partial charge in [0, 0.05) is 18.6 Å². The zero-order valence-corrected chi connectivity index (χ0v) is 44.1. The van der Waals surface area contributed by atoms with Gasteiger partial charge >= 0.3 is 20.1 Å². The molecule has 0 unspecified atom stereocenters. The Hall–Kier alpha value is -8.14. The summed E-state index contributed by atoms with van der Waals surface area (Å²) in [5.41, 5.74) is 21.3. The van der Waals surface area contributed by atoms with Gasteiger partial charge in [-0.1, -0.05) is 169 Å². The van der Waals surface area contributed by atoms with Crippen LogP contribution >= 0.6 is 0 Å². The molecule has 0 amide bonds. The number of nitrogens with zero attached hydrogens (tertiary/aromatic N) is 3. The zero-order valence-electron chi connectivity index (χ0n) is 41.7. The van der Waals surface area contributed by atoms with Gasteiger partial charge in [-0.05, 0) is 134 Å². The third-order valence-electron chi connectivity index (χ3n) is 14.3. The van der Waals surface area contributed by atoms with E-state index in [9.17, 15) is 0 Å². The minimum atomic E-state index is 0. The quantitative estimate of drug-likeness (QED) is 0.0904. The van der Waals surface area contributed by atoms with Gasteiger partial charge in [0.2, 0.25) is 0 Å². The molecule has 74 heavy (non-hydrogen) atoms. The van der Waals surface area contributed by atoms with Gasteiger partial charge in [0.25, 0.3) is 0 Å². The van der Waals surface area contributed by atoms with Gasteiger partial charge in [-0.25, -0.2) is 0 Å². The Morgan fingerprint density at radius 1 is 0.311 bits per heavy atom. The minimum absolute atomic E-state index is 0. The molecule has 356 valence electrons. The Balaban J connectivity index is 0.00000588. The van der Waals surface area contributed by atoms with Crippen LogP contribution < -0.4 is 0 Å². The third kappa shape index (κ3) is 10.00. The topological polar surface area (TPSA) is 38.7 Å². The van der Waals surface area contributed by atoms with Crippen LogP contribution in [0.5, 0.6) is 0 Å². The molecular weight excluding hydrogens is 1080 g/mol. The van der Waals surface area contributed by atoms with E-state index in [4.69, 9.17) is 4.98 Å². The molecule has 0 aliphatic carbocycles. The van der Waals surface area contributed by atoms with E-state index in [2.05, 4.69) is 243 Å². The molecule has 3 nitrogen and oxygen atoms in total. The van der Waals surface area contributed by atoms with Gasteiger partial charge in [0.05, 0.1) is 0 Å². The van der Waals surface area contributed by atoms with Crippen LogP contribution in [0.1, 0.15) is 38.9 Å². The van der Waals surface area contributed by atoms with Gasteiger partial charge in [-0.15, -0.1) is 94.5 Å². The fourth-order valence-corrected chi connectivity index (χ4v) is 10.4. The molecule has 9 aromatic carbocycles. The van der Waals surface area contributed by atoms with Crippen molar-refractivity contribution in [1.29, 1.82) is 0 Å². The van der Waals surface area contributed by atoms with Crippen LogP contribution in [-0.2, 0) is 45.8 Å². The second-order valence-corrected chi connectivity index (χ2v) is 19.5. The number of fused-ring (bicyclic) bond motifs is 6. The van der Waals surface area contributed by atoms with Crippen molar-refractivity contribution in [2.45, 2.75) is 46.5 Å². The maximum absolute atomic E-state index is 4.87. The molecule has 0 saturated carbocycles. The number of aromatic nitrogens is 3. The number of benzene rings is 9. The molecule has 0 spiro atoms. The summed E-state index contributed by atoms with van der Waals surface area (Å²) < 4.78 is 0. The maximum Gasteiger partial charge on any atom is 3.00 e. The van der Waals surface area contributed by atoms with E-state index >= 15 is 0 Å². The van der Waals surface area contributed by atoms with Crippen LogP contribution in [0.4, 0.5) is 0 Å². The van der Waals surface area contributed by atoms with Gasteiger partial charge in [-0.2, -0.15) is 0 Å². The van der Waals surface area contributed by atoms with Gasteiger partial charge in [0.1, 0.15) is 0 Å². The fraction of sp³-hybridized carbons (Fsp3) is 0.100. The summed E-state index contributed by atoms with van der Waals surface area (Å²) in [6.45, 7) is 6.21. The fourth-order valence-electron chi connectivity index (χ4n) is 10.4. The number of hydrogen-bond acceptors (Lipinski definition) is 3. The standard InChI is InChI=1S/C70H52N3.Ir/c1-46-16-35-68(71-43-46)53-27-23-49(24-28-53)19-21-51-38-52(22-20-50-25-29-54(30-26-50)69-36-17-47(2)44-72-69)40-57(39-51)58-10-4-5-11-59(58)64-34-32-56(70-37-18-48(3)45-73-70)42-66(64)55-31-33-65-62-14-7-6-12-60(62)61-13-8-9-15-63(61)67(65)41-55;/h4-18,23-27,29,31,33-45H,19-22H2,1-3H3;/q-3;+3. The molecule has 12 aromatic rings. The van der Waals surface area contributed by atoms with Gasteiger partial charge in [-0.3, -0.25) is 0 Å². The largest absolute Gasteiger partial charge is 3.00 e. The Labute approximate surface area is 448 Å². The molecule has 4 heteroatoms. The number of hydrogen-bond donors (Lipinski definition) is 0. The van der Waals surface area contributed by atoms with Crippen molar-refractivity contribution in [2.24, 2.45) is 0 Å². The van der Waals surface area contributed by atoms with Crippen LogP contribution in [0.15, 0.2) is 213 Å². The van der Waals surface area contributed by atoms with Crippen molar-refractivity contribution in [3.8, 4) is 67.2 Å². The second kappa shape index (κ2) is 21.1. The average Bonchev–Trinajstić information content (AvgIpc) is 3.45. The van der Waals surface area contributed by atoms with Crippen molar-refractivity contribution < 1.29 is 20.1 Å². The first-order valence-corrected chi connectivity index (χ1v) is 25.3. The molecule has 3 heterocycles. The van der Waals surface area contributed by atoms with Crippen molar-refractivity contribution in [3.63, 3.8) is 0 Å². The van der Waals surface area contributed by atoms with Gasteiger partial charge in [0.15, 0.2) is 0 Å². The molecule has 0 fully saturated rings. The van der Waals surface area contributed by atoms with Crippen LogP contribution in [0.2, 0.25) is 0 Å². The Bertz CT molecular complexity index is 3810. The SMILES string of the molecule is Cc1ccc(-c2[c-]cc(CCc3cc(CCc4c[c-]c(-c5ccc(C)cn5)cc4)cc(-c4ccccc4-c4c[c-]c(-c5ccc(C)cn5)cc4-c4ccc5c6ccccc6c6ccccc6c5c4)c3)cc2)nc1.[Ir+3]. The van der Waals surface area contributed by atoms with Crippen molar-refractivity contribution in [1.82, 2.24) is 15.0 Å². The van der Waals surface area contributed by atoms with Crippen molar-refractivity contribution in [2.75, 3.05) is 0 Å².